The second-order valence-electron chi connectivity index (χ2n) is 6.28. The fourth-order valence-electron chi connectivity index (χ4n) is 2.71. The van der Waals surface area contributed by atoms with E-state index in [9.17, 15) is 26.3 Å². The number of anilines is 1. The first-order chi connectivity index (χ1) is 14.5. The first-order valence-corrected chi connectivity index (χ1v) is 9.18. The maximum absolute atomic E-state index is 13.2. The van der Waals surface area contributed by atoms with E-state index in [0.717, 1.165) is 12.1 Å². The highest BCUT2D eigenvalue weighted by Crippen LogP contribution is 2.39. The molecule has 0 spiro atoms. The SMILES string of the molecule is [C-]#[N+]c1ccc(N(Cc2nc(-c3cncc(Br)c3)n[nH]2)CC(F)(F)F)cc1C(F)(F)F. The summed E-state index contributed by atoms with van der Waals surface area (Å²) >= 11 is 3.23. The molecule has 0 saturated heterocycles. The van der Waals surface area contributed by atoms with Crippen molar-refractivity contribution < 1.29 is 26.3 Å². The molecule has 0 aliphatic rings. The zero-order valence-electron chi connectivity index (χ0n) is 15.3. The molecule has 0 amide bonds. The number of halogens is 7. The van der Waals surface area contributed by atoms with Gasteiger partial charge in [0, 0.05) is 28.1 Å². The van der Waals surface area contributed by atoms with Crippen molar-refractivity contribution in [2.45, 2.75) is 18.9 Å². The Morgan fingerprint density at radius 2 is 1.84 bits per heavy atom. The lowest BCUT2D eigenvalue weighted by atomic mass is 10.1. The zero-order valence-corrected chi connectivity index (χ0v) is 16.8. The maximum Gasteiger partial charge on any atom is 0.407 e. The molecule has 0 atom stereocenters. The molecule has 3 rings (SSSR count). The maximum atomic E-state index is 13.2. The minimum atomic E-state index is -4.90. The van der Waals surface area contributed by atoms with E-state index in [4.69, 9.17) is 6.57 Å². The minimum absolute atomic E-state index is 0.00189. The summed E-state index contributed by atoms with van der Waals surface area (Å²) in [6.07, 6.45) is -6.63. The summed E-state index contributed by atoms with van der Waals surface area (Å²) < 4.78 is 79.7. The average molecular weight is 505 g/mol. The summed E-state index contributed by atoms with van der Waals surface area (Å²) in [4.78, 5) is 11.5. The molecule has 162 valence electrons. The molecule has 0 radical (unpaired) electrons. The number of rotatable bonds is 5. The number of aromatic amines is 1. The summed E-state index contributed by atoms with van der Waals surface area (Å²) in [7, 11) is 0. The number of alkyl halides is 6. The molecule has 6 nitrogen and oxygen atoms in total. The highest BCUT2D eigenvalue weighted by Gasteiger charge is 2.36. The topological polar surface area (TPSA) is 62.1 Å². The third-order valence-corrected chi connectivity index (χ3v) is 4.41. The largest absolute Gasteiger partial charge is 0.407 e. The van der Waals surface area contributed by atoms with Crippen LogP contribution in [0.25, 0.3) is 16.2 Å². The first-order valence-electron chi connectivity index (χ1n) is 8.39. The molecule has 13 heteroatoms. The van der Waals surface area contributed by atoms with Crippen molar-refractivity contribution in [2.75, 3.05) is 11.4 Å². The van der Waals surface area contributed by atoms with Gasteiger partial charge < -0.3 is 4.90 Å². The number of nitrogens with zero attached hydrogens (tertiary/aromatic N) is 5. The Balaban J connectivity index is 1.95. The molecule has 0 aliphatic carbocycles. The average Bonchev–Trinajstić information content (AvgIpc) is 3.14. The Kier molecular flexibility index (Phi) is 6.21. The van der Waals surface area contributed by atoms with Crippen molar-refractivity contribution in [3.8, 4) is 11.4 Å². The van der Waals surface area contributed by atoms with Crippen molar-refractivity contribution >= 4 is 27.3 Å². The monoisotopic (exact) mass is 504 g/mol. The number of benzene rings is 1. The van der Waals surface area contributed by atoms with E-state index >= 15 is 0 Å². The van der Waals surface area contributed by atoms with Gasteiger partial charge in [0.25, 0.3) is 0 Å². The third kappa shape index (κ3) is 5.72. The van der Waals surface area contributed by atoms with Crippen molar-refractivity contribution in [2.24, 2.45) is 0 Å². The quantitative estimate of drug-likeness (QED) is 0.354. The molecule has 3 aromatic rings. The first kappa shape index (κ1) is 22.5. The van der Waals surface area contributed by atoms with Gasteiger partial charge in [0.05, 0.1) is 18.7 Å². The number of H-pyrrole nitrogens is 1. The highest BCUT2D eigenvalue weighted by molar-refractivity contribution is 9.10. The second kappa shape index (κ2) is 8.54. The summed E-state index contributed by atoms with van der Waals surface area (Å²) in [6, 6.07) is 4.04. The Morgan fingerprint density at radius 3 is 2.45 bits per heavy atom. The van der Waals surface area contributed by atoms with Crippen LogP contribution in [0.5, 0.6) is 0 Å². The number of hydrogen-bond acceptors (Lipinski definition) is 4. The molecule has 2 aromatic heterocycles. The van der Waals surface area contributed by atoms with Crippen molar-refractivity contribution in [1.29, 1.82) is 0 Å². The number of aromatic nitrogens is 4. The molecule has 0 saturated carbocycles. The van der Waals surface area contributed by atoms with Crippen molar-refractivity contribution in [1.82, 2.24) is 20.2 Å². The number of pyridine rings is 1. The number of nitrogens with one attached hydrogen (secondary N) is 1. The molecular weight excluding hydrogens is 494 g/mol. The minimum Gasteiger partial charge on any atom is -0.355 e. The van der Waals surface area contributed by atoms with E-state index in [2.05, 4.69) is 40.9 Å². The standard InChI is InChI=1S/C18H11BrF6N6/c1-26-14-3-2-12(5-13(14)18(23,24)25)31(9-17(20,21)22)8-15-28-16(30-29-15)10-4-11(19)7-27-6-10/h2-7H,8-9H2,(H,28,29,30). The van der Waals surface area contributed by atoms with Gasteiger partial charge in [0.15, 0.2) is 11.5 Å². The van der Waals surface area contributed by atoms with Gasteiger partial charge >= 0.3 is 12.4 Å². The van der Waals surface area contributed by atoms with E-state index in [1.54, 1.807) is 6.07 Å². The van der Waals surface area contributed by atoms with Gasteiger partial charge in [-0.1, -0.05) is 6.07 Å². The van der Waals surface area contributed by atoms with Gasteiger partial charge in [-0.05, 0) is 34.1 Å². The Labute approximate surface area is 179 Å². The Morgan fingerprint density at radius 1 is 1.10 bits per heavy atom. The Hall–Kier alpha value is -3.14. The van der Waals surface area contributed by atoms with Gasteiger partial charge in [-0.15, -0.1) is 0 Å². The fraction of sp³-hybridized carbons (Fsp3) is 0.222. The molecule has 2 heterocycles. The van der Waals surface area contributed by atoms with Crippen molar-refractivity contribution in [3.05, 3.63) is 63.9 Å². The fourth-order valence-corrected chi connectivity index (χ4v) is 3.08. The molecule has 1 aromatic carbocycles. The van der Waals surface area contributed by atoms with Crippen LogP contribution in [-0.4, -0.2) is 32.9 Å². The smallest absolute Gasteiger partial charge is 0.355 e. The lowest BCUT2D eigenvalue weighted by molar-refractivity contribution is -0.136. The van der Waals surface area contributed by atoms with E-state index in [1.807, 2.05) is 0 Å². The molecule has 0 unspecified atom stereocenters. The van der Waals surface area contributed by atoms with Gasteiger partial charge in [0.1, 0.15) is 12.4 Å². The van der Waals surface area contributed by atoms with Crippen LogP contribution in [0.15, 0.2) is 41.1 Å². The number of hydrogen-bond donors (Lipinski definition) is 1. The lowest BCUT2D eigenvalue weighted by Crippen LogP contribution is -2.34. The summed E-state index contributed by atoms with van der Waals surface area (Å²) in [5, 5.41) is 6.42. The third-order valence-electron chi connectivity index (χ3n) is 3.98. The van der Waals surface area contributed by atoms with Gasteiger partial charge in [-0.2, -0.15) is 31.4 Å². The van der Waals surface area contributed by atoms with E-state index in [1.165, 1.54) is 12.4 Å². The predicted octanol–water partition coefficient (Wildman–Crippen LogP) is 5.77. The molecule has 0 bridgehead atoms. The molecule has 31 heavy (non-hydrogen) atoms. The van der Waals surface area contributed by atoms with E-state index in [0.29, 0.717) is 21.0 Å². The van der Waals surface area contributed by atoms with E-state index < -0.39 is 36.7 Å². The summed E-state index contributed by atoms with van der Waals surface area (Å²) in [5.74, 6) is 0.164. The van der Waals surface area contributed by atoms with Crippen LogP contribution in [0.4, 0.5) is 37.7 Å². The van der Waals surface area contributed by atoms with E-state index in [-0.39, 0.29) is 17.3 Å². The summed E-state index contributed by atoms with van der Waals surface area (Å²) in [5.41, 5.74) is -1.89. The molecule has 0 fully saturated rings. The van der Waals surface area contributed by atoms with Crippen LogP contribution in [0, 0.1) is 6.57 Å². The lowest BCUT2D eigenvalue weighted by Gasteiger charge is -2.26. The van der Waals surface area contributed by atoms with Crippen LogP contribution < -0.4 is 4.90 Å². The highest BCUT2D eigenvalue weighted by atomic mass is 79.9. The zero-order chi connectivity index (χ0) is 22.8. The predicted molar refractivity (Wildman–Crippen MR) is 102 cm³/mol. The van der Waals surface area contributed by atoms with Crippen LogP contribution in [-0.2, 0) is 12.7 Å². The molecule has 0 aliphatic heterocycles. The molecular formula is C18H11BrF6N6. The summed E-state index contributed by atoms with van der Waals surface area (Å²) in [6.45, 7) is 4.84. The molecule has 1 N–H and O–H groups in total. The van der Waals surface area contributed by atoms with Gasteiger partial charge in [0.2, 0.25) is 0 Å². The second-order valence-corrected chi connectivity index (χ2v) is 7.20. The van der Waals surface area contributed by atoms with Crippen LogP contribution in [0.3, 0.4) is 0 Å². The van der Waals surface area contributed by atoms with Crippen LogP contribution in [0.2, 0.25) is 0 Å². The Bertz CT molecular complexity index is 1120. The van der Waals surface area contributed by atoms with Crippen molar-refractivity contribution in [3.63, 3.8) is 0 Å². The van der Waals surface area contributed by atoms with Gasteiger partial charge in [-0.3, -0.25) is 10.1 Å². The van der Waals surface area contributed by atoms with Gasteiger partial charge in [-0.25, -0.2) is 9.83 Å². The normalized spacial score (nSPS) is 11.9. The van der Waals surface area contributed by atoms with Crippen LogP contribution in [0.1, 0.15) is 11.4 Å². The van der Waals surface area contributed by atoms with Crippen LogP contribution >= 0.6 is 15.9 Å².